The third-order valence-electron chi connectivity index (χ3n) is 3.52. The lowest BCUT2D eigenvalue weighted by atomic mass is 10.1. The minimum Gasteiger partial charge on any atom is -0.497 e. The molecule has 1 aromatic rings. The fourth-order valence-electron chi connectivity index (χ4n) is 2.68. The molecule has 1 fully saturated rings. The van der Waals surface area contributed by atoms with Crippen LogP contribution in [-0.4, -0.2) is 56.4 Å². The Morgan fingerprint density at radius 1 is 1.47 bits per heavy atom. The largest absolute Gasteiger partial charge is 0.497 e. The summed E-state index contributed by atoms with van der Waals surface area (Å²) >= 11 is 0. The van der Waals surface area contributed by atoms with Gasteiger partial charge in [0, 0.05) is 25.2 Å². The predicted octanol–water partition coefficient (Wildman–Crippen LogP) is 0.779. The molecule has 19 heavy (non-hydrogen) atoms. The highest BCUT2D eigenvalue weighted by Crippen LogP contribution is 2.33. The van der Waals surface area contributed by atoms with Gasteiger partial charge in [-0.1, -0.05) is 0 Å². The molecule has 0 amide bonds. The number of nitrogens with zero attached hydrogens (tertiary/aromatic N) is 2. The maximum absolute atomic E-state index is 9.93. The van der Waals surface area contributed by atoms with Crippen LogP contribution in [0.5, 0.6) is 5.75 Å². The van der Waals surface area contributed by atoms with Gasteiger partial charge in [0.15, 0.2) is 0 Å². The average molecular weight is 265 g/mol. The first-order valence-corrected chi connectivity index (χ1v) is 6.54. The van der Waals surface area contributed by atoms with E-state index in [2.05, 4.69) is 9.80 Å². The Labute approximate surface area is 114 Å². The summed E-state index contributed by atoms with van der Waals surface area (Å²) in [5.41, 5.74) is 7.74. The van der Waals surface area contributed by atoms with Gasteiger partial charge in [-0.25, -0.2) is 0 Å². The molecule has 5 nitrogen and oxygen atoms in total. The second-order valence-corrected chi connectivity index (χ2v) is 5.38. The molecule has 1 aliphatic rings. The van der Waals surface area contributed by atoms with E-state index in [1.54, 1.807) is 7.11 Å². The highest BCUT2D eigenvalue weighted by molar-refractivity contribution is 5.70. The van der Waals surface area contributed by atoms with Gasteiger partial charge in [0.2, 0.25) is 0 Å². The van der Waals surface area contributed by atoms with Crippen LogP contribution >= 0.6 is 0 Å². The van der Waals surface area contributed by atoms with Crippen LogP contribution < -0.4 is 15.4 Å². The zero-order chi connectivity index (χ0) is 14.0. The Bertz CT molecular complexity index is 437. The molecular weight excluding hydrogens is 242 g/mol. The van der Waals surface area contributed by atoms with Crippen molar-refractivity contribution in [1.82, 2.24) is 4.90 Å². The van der Waals surface area contributed by atoms with Crippen LogP contribution in [0.15, 0.2) is 18.2 Å². The van der Waals surface area contributed by atoms with Crippen molar-refractivity contribution < 1.29 is 9.84 Å². The number of nitrogens with two attached hydrogens (primary N) is 1. The van der Waals surface area contributed by atoms with Crippen molar-refractivity contribution in [2.75, 3.05) is 44.9 Å². The number of ether oxygens (including phenoxy) is 1. The maximum atomic E-state index is 9.93. The van der Waals surface area contributed by atoms with Crippen molar-refractivity contribution in [3.05, 3.63) is 18.2 Å². The van der Waals surface area contributed by atoms with Crippen LogP contribution in [0, 0.1) is 0 Å². The Morgan fingerprint density at radius 2 is 2.21 bits per heavy atom. The number of aliphatic hydroxyl groups excluding tert-OH is 1. The first-order chi connectivity index (χ1) is 9.01. The van der Waals surface area contributed by atoms with Crippen LogP contribution in [-0.2, 0) is 0 Å². The van der Waals surface area contributed by atoms with Crippen LogP contribution in [0.3, 0.4) is 0 Å². The number of anilines is 2. The summed E-state index contributed by atoms with van der Waals surface area (Å²) in [6, 6.07) is 5.92. The first kappa shape index (κ1) is 14.0. The zero-order valence-corrected chi connectivity index (χ0v) is 11.8. The van der Waals surface area contributed by atoms with E-state index in [1.165, 1.54) is 0 Å². The molecule has 2 unspecified atom stereocenters. The van der Waals surface area contributed by atoms with Crippen molar-refractivity contribution >= 4 is 11.4 Å². The Morgan fingerprint density at radius 3 is 2.84 bits per heavy atom. The number of likely N-dealkylation sites (N-methyl/N-ethyl adjacent to an activating group) is 1. The minimum absolute atomic E-state index is 0.277. The zero-order valence-electron chi connectivity index (χ0n) is 11.8. The van der Waals surface area contributed by atoms with Crippen LogP contribution in [0.4, 0.5) is 11.4 Å². The lowest BCUT2D eigenvalue weighted by Crippen LogP contribution is -2.37. The van der Waals surface area contributed by atoms with E-state index >= 15 is 0 Å². The van der Waals surface area contributed by atoms with E-state index in [1.807, 2.05) is 32.3 Å². The number of hydrogen-bond donors (Lipinski definition) is 2. The highest BCUT2D eigenvalue weighted by Gasteiger charge is 2.32. The van der Waals surface area contributed by atoms with E-state index in [-0.39, 0.29) is 12.1 Å². The maximum Gasteiger partial charge on any atom is 0.121 e. The molecular formula is C14H23N3O2. The SMILES string of the molecule is COc1ccc(N)c(N2CC(O)CC2CN(C)C)c1. The fourth-order valence-corrected chi connectivity index (χ4v) is 2.68. The average Bonchev–Trinajstić information content (AvgIpc) is 2.70. The van der Waals surface area contributed by atoms with Crippen molar-refractivity contribution in [2.24, 2.45) is 0 Å². The van der Waals surface area contributed by atoms with Gasteiger partial charge in [-0.15, -0.1) is 0 Å². The standard InChI is InChI=1S/C14H23N3O2/c1-16(2)8-10-6-11(18)9-17(10)14-7-12(19-3)4-5-13(14)15/h4-5,7,10-11,18H,6,8-9,15H2,1-3H3. The lowest BCUT2D eigenvalue weighted by molar-refractivity contribution is 0.191. The predicted molar refractivity (Wildman–Crippen MR) is 77.7 cm³/mol. The lowest BCUT2D eigenvalue weighted by Gasteiger charge is -2.29. The van der Waals surface area contributed by atoms with Gasteiger partial charge in [-0.2, -0.15) is 0 Å². The molecule has 2 atom stereocenters. The summed E-state index contributed by atoms with van der Waals surface area (Å²) in [6.45, 7) is 1.52. The van der Waals surface area contributed by atoms with Crippen LogP contribution in [0.25, 0.3) is 0 Å². The van der Waals surface area contributed by atoms with Crippen molar-refractivity contribution in [3.63, 3.8) is 0 Å². The third kappa shape index (κ3) is 3.11. The summed E-state index contributed by atoms with van der Waals surface area (Å²) in [5.74, 6) is 0.786. The summed E-state index contributed by atoms with van der Waals surface area (Å²) in [4.78, 5) is 4.31. The molecule has 106 valence electrons. The summed E-state index contributed by atoms with van der Waals surface area (Å²) < 4.78 is 5.26. The highest BCUT2D eigenvalue weighted by atomic mass is 16.5. The number of rotatable bonds is 4. The fraction of sp³-hybridized carbons (Fsp3) is 0.571. The first-order valence-electron chi connectivity index (χ1n) is 6.54. The number of β-amino-alcohol motifs (C(OH)–C–C–N with tert-alkyl or cyclic N) is 1. The molecule has 0 saturated carbocycles. The molecule has 2 rings (SSSR count). The van der Waals surface area contributed by atoms with Gasteiger partial charge in [0.25, 0.3) is 0 Å². The van der Waals surface area contributed by atoms with E-state index in [9.17, 15) is 5.11 Å². The summed E-state index contributed by atoms with van der Waals surface area (Å²) in [5, 5.41) is 9.93. The topological polar surface area (TPSA) is 62.0 Å². The number of benzene rings is 1. The normalized spacial score (nSPS) is 23.1. The van der Waals surface area contributed by atoms with Crippen molar-refractivity contribution in [1.29, 1.82) is 0 Å². The van der Waals surface area contributed by atoms with Crippen molar-refractivity contribution in [3.8, 4) is 5.75 Å². The Kier molecular flexibility index (Phi) is 4.17. The van der Waals surface area contributed by atoms with Gasteiger partial charge in [0.1, 0.15) is 5.75 Å². The molecule has 1 heterocycles. The van der Waals surface area contributed by atoms with Gasteiger partial charge >= 0.3 is 0 Å². The molecule has 1 aromatic carbocycles. The van der Waals surface area contributed by atoms with Gasteiger partial charge < -0.3 is 25.4 Å². The van der Waals surface area contributed by atoms with Gasteiger partial charge in [0.05, 0.1) is 24.6 Å². The van der Waals surface area contributed by atoms with E-state index in [0.29, 0.717) is 6.54 Å². The second-order valence-electron chi connectivity index (χ2n) is 5.38. The minimum atomic E-state index is -0.296. The third-order valence-corrected chi connectivity index (χ3v) is 3.52. The van der Waals surface area contributed by atoms with Crippen molar-refractivity contribution in [2.45, 2.75) is 18.6 Å². The summed E-state index contributed by atoms with van der Waals surface area (Å²) in [6.07, 6.45) is 0.477. The Hall–Kier alpha value is -1.46. The molecule has 0 bridgehead atoms. The monoisotopic (exact) mass is 265 g/mol. The number of hydrogen-bond acceptors (Lipinski definition) is 5. The van der Waals surface area contributed by atoms with Gasteiger partial charge in [-0.05, 0) is 32.6 Å². The van der Waals surface area contributed by atoms with E-state index in [0.717, 1.165) is 30.1 Å². The van der Waals surface area contributed by atoms with E-state index in [4.69, 9.17) is 10.5 Å². The molecule has 5 heteroatoms. The molecule has 0 aliphatic carbocycles. The van der Waals surface area contributed by atoms with Gasteiger partial charge in [-0.3, -0.25) is 0 Å². The molecule has 3 N–H and O–H groups in total. The molecule has 0 aromatic heterocycles. The Balaban J connectivity index is 2.27. The number of methoxy groups -OCH3 is 1. The van der Waals surface area contributed by atoms with E-state index < -0.39 is 0 Å². The molecule has 1 aliphatic heterocycles. The second kappa shape index (κ2) is 5.67. The molecule has 1 saturated heterocycles. The smallest absolute Gasteiger partial charge is 0.121 e. The van der Waals surface area contributed by atoms with Crippen LogP contribution in [0.2, 0.25) is 0 Å². The molecule has 0 spiro atoms. The summed E-state index contributed by atoms with van der Waals surface area (Å²) in [7, 11) is 5.72. The quantitative estimate of drug-likeness (QED) is 0.788. The van der Waals surface area contributed by atoms with Crippen LogP contribution in [0.1, 0.15) is 6.42 Å². The molecule has 0 radical (unpaired) electrons. The number of aliphatic hydroxyl groups is 1. The number of nitrogen functional groups attached to an aromatic ring is 1.